The number of hydrogen-bond acceptors (Lipinski definition) is 4. The van der Waals surface area contributed by atoms with E-state index in [0.717, 1.165) is 38.9 Å². The molecule has 1 atom stereocenters. The highest BCUT2D eigenvalue weighted by molar-refractivity contribution is 7.91. The van der Waals surface area contributed by atoms with Crippen LogP contribution in [-0.4, -0.2) is 57.5 Å². The second kappa shape index (κ2) is 6.57. The Labute approximate surface area is 99.3 Å². The van der Waals surface area contributed by atoms with Crippen molar-refractivity contribution in [2.45, 2.75) is 32.2 Å². The molecule has 96 valence electrons. The van der Waals surface area contributed by atoms with Gasteiger partial charge >= 0.3 is 0 Å². The maximum Gasteiger partial charge on any atom is 0.151 e. The average Bonchev–Trinajstić information content (AvgIpc) is 2.58. The zero-order chi connectivity index (χ0) is 12.0. The molecule has 1 heterocycles. The summed E-state index contributed by atoms with van der Waals surface area (Å²) in [4.78, 5) is 2.19. The summed E-state index contributed by atoms with van der Waals surface area (Å²) in [7, 11) is -0.704. The Bertz CT molecular complexity index is 290. The van der Waals surface area contributed by atoms with Crippen LogP contribution >= 0.6 is 0 Å². The molecule has 1 rings (SSSR count). The summed E-state index contributed by atoms with van der Waals surface area (Å²) in [5, 5.41) is 3.35. The number of hydrogen-bond donors (Lipinski definition) is 1. The first kappa shape index (κ1) is 13.9. The fourth-order valence-corrected chi connectivity index (χ4v) is 3.87. The van der Waals surface area contributed by atoms with Gasteiger partial charge in [0.2, 0.25) is 0 Å². The van der Waals surface area contributed by atoms with Crippen LogP contribution in [0.2, 0.25) is 0 Å². The third-order valence-corrected chi connectivity index (χ3v) is 4.87. The van der Waals surface area contributed by atoms with Gasteiger partial charge in [-0.1, -0.05) is 6.92 Å². The highest BCUT2D eigenvalue weighted by Crippen LogP contribution is 2.16. The van der Waals surface area contributed by atoms with E-state index in [1.165, 1.54) is 0 Å². The van der Waals surface area contributed by atoms with E-state index >= 15 is 0 Å². The molecule has 1 aliphatic rings. The number of rotatable bonds is 7. The molecular weight excluding hydrogens is 224 g/mol. The van der Waals surface area contributed by atoms with Crippen molar-refractivity contribution in [3.05, 3.63) is 0 Å². The van der Waals surface area contributed by atoms with Gasteiger partial charge in [-0.05, 0) is 45.9 Å². The minimum Gasteiger partial charge on any atom is -0.317 e. The molecule has 0 aromatic heterocycles. The molecule has 0 amide bonds. The molecule has 4 nitrogen and oxygen atoms in total. The van der Waals surface area contributed by atoms with Gasteiger partial charge in [0.05, 0.1) is 11.5 Å². The summed E-state index contributed by atoms with van der Waals surface area (Å²) in [6.45, 7) is 5.23. The van der Waals surface area contributed by atoms with Crippen LogP contribution in [0.3, 0.4) is 0 Å². The van der Waals surface area contributed by atoms with Crippen molar-refractivity contribution in [3.8, 4) is 0 Å². The van der Waals surface area contributed by atoms with Gasteiger partial charge in [-0.25, -0.2) is 8.42 Å². The van der Waals surface area contributed by atoms with Crippen molar-refractivity contribution >= 4 is 9.84 Å². The van der Waals surface area contributed by atoms with Gasteiger partial charge in [-0.15, -0.1) is 0 Å². The average molecular weight is 248 g/mol. The number of nitrogens with zero attached hydrogens (tertiary/aromatic N) is 1. The lowest BCUT2D eigenvalue weighted by Gasteiger charge is -2.22. The molecule has 1 fully saturated rings. The van der Waals surface area contributed by atoms with Crippen LogP contribution in [0.4, 0.5) is 0 Å². The van der Waals surface area contributed by atoms with Crippen molar-refractivity contribution in [1.82, 2.24) is 10.2 Å². The molecule has 1 unspecified atom stereocenters. The summed E-state index contributed by atoms with van der Waals surface area (Å²) in [5.41, 5.74) is 0. The summed E-state index contributed by atoms with van der Waals surface area (Å²) < 4.78 is 22.6. The molecule has 16 heavy (non-hydrogen) atoms. The van der Waals surface area contributed by atoms with Gasteiger partial charge in [0.25, 0.3) is 0 Å². The molecule has 0 aromatic carbocycles. The summed E-state index contributed by atoms with van der Waals surface area (Å²) in [6.07, 6.45) is 3.06. The molecule has 0 radical (unpaired) electrons. The lowest BCUT2D eigenvalue weighted by atomic mass is 10.2. The van der Waals surface area contributed by atoms with Crippen molar-refractivity contribution < 1.29 is 8.42 Å². The van der Waals surface area contributed by atoms with E-state index in [2.05, 4.69) is 17.1 Å². The molecule has 1 saturated heterocycles. The Morgan fingerprint density at radius 1 is 1.38 bits per heavy atom. The fourth-order valence-electron chi connectivity index (χ4n) is 2.06. The van der Waals surface area contributed by atoms with E-state index in [0.29, 0.717) is 11.5 Å². The molecule has 5 heteroatoms. The van der Waals surface area contributed by atoms with E-state index in [1.807, 2.05) is 7.05 Å². The smallest absolute Gasteiger partial charge is 0.151 e. The molecular formula is C11H24N2O2S. The monoisotopic (exact) mass is 248 g/mol. The molecule has 0 spiro atoms. The summed E-state index contributed by atoms with van der Waals surface area (Å²) in [6, 6.07) is 0.246. The third kappa shape index (κ3) is 4.80. The van der Waals surface area contributed by atoms with Crippen LogP contribution in [-0.2, 0) is 9.84 Å². The van der Waals surface area contributed by atoms with Crippen LogP contribution in [0.1, 0.15) is 26.2 Å². The van der Waals surface area contributed by atoms with E-state index in [9.17, 15) is 8.42 Å². The predicted molar refractivity (Wildman–Crippen MR) is 67.5 cm³/mol. The predicted octanol–water partition coefficient (Wildman–Crippen LogP) is 0.495. The van der Waals surface area contributed by atoms with Crippen molar-refractivity contribution in [2.75, 3.05) is 38.2 Å². The van der Waals surface area contributed by atoms with Crippen molar-refractivity contribution in [2.24, 2.45) is 0 Å². The number of sulfone groups is 1. The van der Waals surface area contributed by atoms with Crippen molar-refractivity contribution in [3.63, 3.8) is 0 Å². The van der Waals surface area contributed by atoms with Crippen molar-refractivity contribution in [1.29, 1.82) is 0 Å². The maximum absolute atomic E-state index is 11.3. The van der Waals surface area contributed by atoms with E-state index in [-0.39, 0.29) is 6.04 Å². The van der Waals surface area contributed by atoms with E-state index < -0.39 is 9.84 Å². The van der Waals surface area contributed by atoms with Gasteiger partial charge in [-0.3, -0.25) is 0 Å². The van der Waals surface area contributed by atoms with Gasteiger partial charge < -0.3 is 10.2 Å². The zero-order valence-electron chi connectivity index (χ0n) is 10.4. The Morgan fingerprint density at radius 2 is 2.12 bits per heavy atom. The minimum absolute atomic E-state index is 0.246. The van der Waals surface area contributed by atoms with Crippen LogP contribution in [0.5, 0.6) is 0 Å². The Kier molecular flexibility index (Phi) is 5.72. The standard InChI is InChI=1S/C11H24N2O2S/c1-3-6-12-7-4-8-13(2)11-5-9-16(14,15)10-11/h11-12H,3-10H2,1-2H3. The molecule has 0 bridgehead atoms. The Morgan fingerprint density at radius 3 is 2.69 bits per heavy atom. The van der Waals surface area contributed by atoms with Crippen LogP contribution < -0.4 is 5.32 Å². The van der Waals surface area contributed by atoms with Gasteiger partial charge in [-0.2, -0.15) is 0 Å². The van der Waals surface area contributed by atoms with Crippen LogP contribution in [0.15, 0.2) is 0 Å². The normalized spacial score (nSPS) is 24.1. The first-order chi connectivity index (χ1) is 7.55. The summed E-state index contributed by atoms with van der Waals surface area (Å²) in [5.74, 6) is 0.724. The first-order valence-corrected chi connectivity index (χ1v) is 7.98. The SMILES string of the molecule is CCCNCCCN(C)C1CCS(=O)(=O)C1. The second-order valence-electron chi connectivity index (χ2n) is 4.64. The Hall–Kier alpha value is -0.130. The topological polar surface area (TPSA) is 49.4 Å². The fraction of sp³-hybridized carbons (Fsp3) is 1.00. The molecule has 1 N–H and O–H groups in total. The largest absolute Gasteiger partial charge is 0.317 e. The van der Waals surface area contributed by atoms with Gasteiger partial charge in [0.1, 0.15) is 0 Å². The quantitative estimate of drug-likeness (QED) is 0.666. The third-order valence-electron chi connectivity index (χ3n) is 3.12. The molecule has 0 aromatic rings. The number of nitrogens with one attached hydrogen (secondary N) is 1. The van der Waals surface area contributed by atoms with Gasteiger partial charge in [0.15, 0.2) is 9.84 Å². The highest BCUT2D eigenvalue weighted by Gasteiger charge is 2.30. The lowest BCUT2D eigenvalue weighted by molar-refractivity contribution is 0.258. The lowest BCUT2D eigenvalue weighted by Crippen LogP contribution is -2.34. The Balaban J connectivity index is 2.14. The maximum atomic E-state index is 11.3. The molecule has 1 aliphatic heterocycles. The summed E-state index contributed by atoms with van der Waals surface area (Å²) >= 11 is 0. The van der Waals surface area contributed by atoms with E-state index in [4.69, 9.17) is 0 Å². The molecule has 0 saturated carbocycles. The second-order valence-corrected chi connectivity index (χ2v) is 6.87. The van der Waals surface area contributed by atoms with Gasteiger partial charge in [0, 0.05) is 6.04 Å². The first-order valence-electron chi connectivity index (χ1n) is 6.16. The van der Waals surface area contributed by atoms with Crippen LogP contribution in [0.25, 0.3) is 0 Å². The highest BCUT2D eigenvalue weighted by atomic mass is 32.2. The van der Waals surface area contributed by atoms with E-state index in [1.54, 1.807) is 0 Å². The van der Waals surface area contributed by atoms with Crippen LogP contribution in [0, 0.1) is 0 Å². The minimum atomic E-state index is -2.74. The molecule has 0 aliphatic carbocycles. The zero-order valence-corrected chi connectivity index (χ0v) is 11.2.